The molecule has 0 aromatic heterocycles. The van der Waals surface area contributed by atoms with Gasteiger partial charge < -0.3 is 5.73 Å². The lowest BCUT2D eigenvalue weighted by atomic mass is 9.85. The maximum absolute atomic E-state index is 11.5. The van der Waals surface area contributed by atoms with Crippen LogP contribution >= 0.6 is 0 Å². The van der Waals surface area contributed by atoms with Crippen LogP contribution in [0.3, 0.4) is 0 Å². The maximum Gasteiger partial charge on any atom is 0.150 e. The molecule has 0 aliphatic carbocycles. The highest BCUT2D eigenvalue weighted by Crippen LogP contribution is 2.34. The summed E-state index contributed by atoms with van der Waals surface area (Å²) < 4.78 is 23.1. The van der Waals surface area contributed by atoms with Crippen LogP contribution in [-0.2, 0) is 9.84 Å². The number of nitrogens with zero attached hydrogens (tertiary/aromatic N) is 1. The van der Waals surface area contributed by atoms with Gasteiger partial charge in [-0.25, -0.2) is 8.42 Å². The van der Waals surface area contributed by atoms with Crippen molar-refractivity contribution in [2.45, 2.75) is 51.1 Å². The summed E-state index contributed by atoms with van der Waals surface area (Å²) in [5.41, 5.74) is 5.85. The predicted octanol–water partition coefficient (Wildman–Crippen LogP) is 1.01. The molecule has 17 heavy (non-hydrogen) atoms. The number of nitrogens with two attached hydrogens (primary N) is 1. The van der Waals surface area contributed by atoms with Crippen molar-refractivity contribution >= 4 is 9.84 Å². The minimum atomic E-state index is -2.83. The van der Waals surface area contributed by atoms with Crippen molar-refractivity contribution in [2.75, 3.05) is 25.1 Å². The number of hydrogen-bond acceptors (Lipinski definition) is 4. The molecule has 5 heteroatoms. The highest BCUT2D eigenvalue weighted by atomic mass is 32.2. The fourth-order valence-corrected chi connectivity index (χ4v) is 4.06. The molecular formula is C12H26N2O2S. The maximum atomic E-state index is 11.5. The first-order chi connectivity index (χ1) is 7.69. The molecule has 0 aromatic rings. The molecule has 1 aliphatic rings. The van der Waals surface area contributed by atoms with E-state index in [4.69, 9.17) is 5.73 Å². The molecule has 0 bridgehead atoms. The molecule has 0 aromatic carbocycles. The molecule has 1 rings (SSSR count). The van der Waals surface area contributed by atoms with Crippen LogP contribution in [0.4, 0.5) is 0 Å². The molecule has 0 saturated carbocycles. The second-order valence-electron chi connectivity index (χ2n) is 5.81. The van der Waals surface area contributed by atoms with Gasteiger partial charge in [0, 0.05) is 17.6 Å². The van der Waals surface area contributed by atoms with Crippen molar-refractivity contribution in [3.05, 3.63) is 0 Å². The molecule has 0 atom stereocenters. The summed E-state index contributed by atoms with van der Waals surface area (Å²) in [4.78, 5) is 2.30. The summed E-state index contributed by atoms with van der Waals surface area (Å²) in [6, 6.07) is 0. The van der Waals surface area contributed by atoms with Crippen molar-refractivity contribution in [1.82, 2.24) is 4.90 Å². The van der Waals surface area contributed by atoms with E-state index in [1.54, 1.807) is 0 Å². The van der Waals surface area contributed by atoms with Crippen LogP contribution in [0.1, 0.15) is 40.0 Å². The van der Waals surface area contributed by atoms with E-state index >= 15 is 0 Å². The van der Waals surface area contributed by atoms with E-state index in [0.717, 1.165) is 6.42 Å². The van der Waals surface area contributed by atoms with Crippen LogP contribution in [0.25, 0.3) is 0 Å². The Labute approximate surface area is 105 Å². The monoisotopic (exact) mass is 262 g/mol. The van der Waals surface area contributed by atoms with Gasteiger partial charge >= 0.3 is 0 Å². The Bertz CT molecular complexity index is 349. The van der Waals surface area contributed by atoms with E-state index < -0.39 is 9.84 Å². The second kappa shape index (κ2) is 4.86. The molecule has 0 amide bonds. The molecule has 0 radical (unpaired) electrons. The molecule has 1 saturated heterocycles. The van der Waals surface area contributed by atoms with Crippen LogP contribution in [0.5, 0.6) is 0 Å². The van der Waals surface area contributed by atoms with Crippen LogP contribution in [0.15, 0.2) is 0 Å². The Balaban J connectivity index is 2.92. The van der Waals surface area contributed by atoms with Crippen molar-refractivity contribution in [3.8, 4) is 0 Å². The third kappa shape index (κ3) is 3.01. The quantitative estimate of drug-likeness (QED) is 0.821. The first-order valence-corrected chi connectivity index (χ1v) is 8.16. The number of rotatable bonds is 4. The van der Waals surface area contributed by atoms with Crippen LogP contribution in [0, 0.1) is 0 Å². The minimum Gasteiger partial charge on any atom is -0.329 e. The zero-order valence-electron chi connectivity index (χ0n) is 11.5. The van der Waals surface area contributed by atoms with Gasteiger partial charge in [-0.05, 0) is 40.2 Å². The van der Waals surface area contributed by atoms with E-state index in [0.29, 0.717) is 19.4 Å². The summed E-state index contributed by atoms with van der Waals surface area (Å²) in [5, 5.41) is 0. The lowest BCUT2D eigenvalue weighted by Gasteiger charge is -2.51. The SMILES string of the molecule is CCC(C)(C)N(C)C1(CN)CCS(=O)(=O)CC1. The van der Waals surface area contributed by atoms with Crippen molar-refractivity contribution in [3.63, 3.8) is 0 Å². The van der Waals surface area contributed by atoms with Gasteiger partial charge in [0.15, 0.2) is 0 Å². The van der Waals surface area contributed by atoms with Gasteiger partial charge in [0.2, 0.25) is 0 Å². The molecule has 1 heterocycles. The van der Waals surface area contributed by atoms with Crippen LogP contribution in [-0.4, -0.2) is 49.5 Å². The molecule has 4 nitrogen and oxygen atoms in total. The van der Waals surface area contributed by atoms with Crippen LogP contribution < -0.4 is 5.73 Å². The molecule has 1 aliphatic heterocycles. The van der Waals surface area contributed by atoms with Gasteiger partial charge in [0.05, 0.1) is 11.5 Å². The highest BCUT2D eigenvalue weighted by Gasteiger charge is 2.43. The van der Waals surface area contributed by atoms with Gasteiger partial charge in [0.25, 0.3) is 0 Å². The average Bonchev–Trinajstić information content (AvgIpc) is 2.29. The smallest absolute Gasteiger partial charge is 0.150 e. The number of sulfone groups is 1. The Kier molecular flexibility index (Phi) is 4.27. The number of likely N-dealkylation sites (N-methyl/N-ethyl adjacent to an activating group) is 1. The topological polar surface area (TPSA) is 63.4 Å². The van der Waals surface area contributed by atoms with E-state index in [9.17, 15) is 8.42 Å². The molecule has 1 fully saturated rings. The second-order valence-corrected chi connectivity index (χ2v) is 8.11. The Morgan fingerprint density at radius 1 is 1.29 bits per heavy atom. The fraction of sp³-hybridized carbons (Fsp3) is 1.00. The predicted molar refractivity (Wildman–Crippen MR) is 71.8 cm³/mol. The zero-order chi connectivity index (χ0) is 13.3. The van der Waals surface area contributed by atoms with Gasteiger partial charge in [0.1, 0.15) is 9.84 Å². The van der Waals surface area contributed by atoms with Gasteiger partial charge in [-0.3, -0.25) is 4.90 Å². The third-order valence-electron chi connectivity index (χ3n) is 4.62. The molecule has 2 N–H and O–H groups in total. The van der Waals surface area contributed by atoms with E-state index in [-0.39, 0.29) is 22.6 Å². The Morgan fingerprint density at radius 3 is 2.12 bits per heavy atom. The summed E-state index contributed by atoms with van der Waals surface area (Å²) in [6.07, 6.45) is 2.34. The Hall–Kier alpha value is -0.130. The summed E-state index contributed by atoms with van der Waals surface area (Å²) in [7, 11) is -0.754. The molecule has 0 unspecified atom stereocenters. The average molecular weight is 262 g/mol. The normalized spacial score (nSPS) is 23.9. The number of hydrogen-bond donors (Lipinski definition) is 1. The largest absolute Gasteiger partial charge is 0.329 e. The van der Waals surface area contributed by atoms with E-state index in [2.05, 4.69) is 32.7 Å². The van der Waals surface area contributed by atoms with Crippen LogP contribution in [0.2, 0.25) is 0 Å². The van der Waals surface area contributed by atoms with Crippen molar-refractivity contribution in [1.29, 1.82) is 0 Å². The van der Waals surface area contributed by atoms with Gasteiger partial charge in [-0.15, -0.1) is 0 Å². The first kappa shape index (κ1) is 14.9. The standard InChI is InChI=1S/C12H26N2O2S/c1-5-11(2,3)14(4)12(10-13)6-8-17(15,16)9-7-12/h5-10,13H2,1-4H3. The minimum absolute atomic E-state index is 0.0560. The zero-order valence-corrected chi connectivity index (χ0v) is 12.3. The first-order valence-electron chi connectivity index (χ1n) is 6.33. The summed E-state index contributed by atoms with van der Waals surface area (Å²) in [5.74, 6) is 0.544. The highest BCUT2D eigenvalue weighted by molar-refractivity contribution is 7.91. The lowest BCUT2D eigenvalue weighted by Crippen LogP contribution is -2.62. The molecule has 0 spiro atoms. The van der Waals surface area contributed by atoms with E-state index in [1.165, 1.54) is 0 Å². The van der Waals surface area contributed by atoms with Crippen molar-refractivity contribution in [2.24, 2.45) is 5.73 Å². The van der Waals surface area contributed by atoms with Crippen molar-refractivity contribution < 1.29 is 8.42 Å². The van der Waals surface area contributed by atoms with Gasteiger partial charge in [-0.2, -0.15) is 0 Å². The lowest BCUT2D eigenvalue weighted by molar-refractivity contribution is 0.0166. The summed E-state index contributed by atoms with van der Waals surface area (Å²) in [6.45, 7) is 7.06. The third-order valence-corrected chi connectivity index (χ3v) is 6.27. The van der Waals surface area contributed by atoms with E-state index in [1.807, 2.05) is 0 Å². The fourth-order valence-electron chi connectivity index (χ4n) is 2.47. The molecular weight excluding hydrogens is 236 g/mol. The summed E-state index contributed by atoms with van der Waals surface area (Å²) >= 11 is 0. The molecule has 102 valence electrons. The Morgan fingerprint density at radius 2 is 1.76 bits per heavy atom. The van der Waals surface area contributed by atoms with Gasteiger partial charge in [-0.1, -0.05) is 6.92 Å².